The summed E-state index contributed by atoms with van der Waals surface area (Å²) in [6, 6.07) is 74.4. The van der Waals surface area contributed by atoms with Crippen molar-refractivity contribution < 1.29 is 8.83 Å². The Balaban J connectivity index is 1.00. The van der Waals surface area contributed by atoms with Crippen molar-refractivity contribution in [2.45, 2.75) is 12.3 Å². The molecule has 6 nitrogen and oxygen atoms in total. The van der Waals surface area contributed by atoms with Crippen LogP contribution >= 0.6 is 11.3 Å². The molecule has 2 atom stereocenters. The van der Waals surface area contributed by atoms with Crippen molar-refractivity contribution in [1.29, 1.82) is 0 Å². The Morgan fingerprint density at radius 1 is 0.443 bits per heavy atom. The quantitative estimate of drug-likeness (QED) is 0.185. The zero-order chi connectivity index (χ0) is 45.6. The van der Waals surface area contributed by atoms with Crippen LogP contribution in [0.25, 0.3) is 124 Å². The fraction of sp³-hybridized carbons (Fsp3) is 0.0317. The number of nitrogens with one attached hydrogen (secondary N) is 2. The number of thiophene rings is 1. The molecule has 5 heterocycles. The molecule has 0 amide bonds. The van der Waals surface area contributed by atoms with Gasteiger partial charge in [-0.1, -0.05) is 146 Å². The Kier molecular flexibility index (Phi) is 7.86. The van der Waals surface area contributed by atoms with Crippen LogP contribution in [-0.2, 0) is 0 Å². The number of para-hydroxylation sites is 1. The van der Waals surface area contributed by atoms with E-state index in [0.29, 0.717) is 0 Å². The number of aromatic nitrogens is 1. The van der Waals surface area contributed by atoms with Gasteiger partial charge in [0.05, 0.1) is 22.1 Å². The summed E-state index contributed by atoms with van der Waals surface area (Å²) in [7, 11) is 0. The van der Waals surface area contributed by atoms with Crippen LogP contribution in [0.4, 0.5) is 0 Å². The number of hydrogen-bond donors (Lipinski definition) is 2. The largest absolute Gasteiger partial charge is 0.456 e. The average molecular weight is 915 g/mol. The second-order valence-electron chi connectivity index (χ2n) is 18.7. The molecule has 0 radical (unpaired) electrons. The summed E-state index contributed by atoms with van der Waals surface area (Å²) in [6.45, 7) is 0. The van der Waals surface area contributed by atoms with Gasteiger partial charge in [-0.15, -0.1) is 11.3 Å². The summed E-state index contributed by atoms with van der Waals surface area (Å²) in [4.78, 5) is 5.65. The summed E-state index contributed by atoms with van der Waals surface area (Å²) >= 11 is 1.82. The Hall–Kier alpha value is -8.75. The highest BCUT2D eigenvalue weighted by molar-refractivity contribution is 7.25. The lowest BCUT2D eigenvalue weighted by molar-refractivity contribution is 0.410. The Morgan fingerprint density at radius 2 is 1.11 bits per heavy atom. The third kappa shape index (κ3) is 5.50. The number of fused-ring (bicyclic) bond motifs is 16. The molecule has 15 aromatic rings. The van der Waals surface area contributed by atoms with Gasteiger partial charge in [-0.05, 0) is 93.2 Å². The van der Waals surface area contributed by atoms with Crippen molar-refractivity contribution in [2.24, 2.45) is 4.99 Å². The molecule has 0 fully saturated rings. The smallest absolute Gasteiger partial charge is 0.137 e. The summed E-state index contributed by atoms with van der Waals surface area (Å²) < 4.78 is 18.6. The molecule has 11 aromatic carbocycles. The summed E-state index contributed by atoms with van der Waals surface area (Å²) in [5, 5.41) is 24.2. The number of furan rings is 2. The number of nitrogens with zero attached hydrogens (tertiary/aromatic N) is 2. The fourth-order valence-electron chi connectivity index (χ4n) is 11.7. The summed E-state index contributed by atoms with van der Waals surface area (Å²) in [6.07, 6.45) is -0.859. The topological polar surface area (TPSA) is 67.6 Å². The van der Waals surface area contributed by atoms with Crippen LogP contribution in [-0.4, -0.2) is 10.4 Å². The van der Waals surface area contributed by atoms with Gasteiger partial charge < -0.3 is 18.7 Å². The van der Waals surface area contributed by atoms with E-state index in [1.165, 1.54) is 57.9 Å². The van der Waals surface area contributed by atoms with Crippen molar-refractivity contribution in [3.63, 3.8) is 0 Å². The third-order valence-electron chi connectivity index (χ3n) is 14.8. The Bertz CT molecular complexity index is 4760. The van der Waals surface area contributed by atoms with Crippen LogP contribution in [0.1, 0.15) is 29.0 Å². The van der Waals surface area contributed by atoms with Crippen molar-refractivity contribution in [2.75, 3.05) is 0 Å². The predicted molar refractivity (Wildman–Crippen MR) is 292 cm³/mol. The van der Waals surface area contributed by atoms with E-state index in [1.54, 1.807) is 0 Å². The molecule has 328 valence electrons. The highest BCUT2D eigenvalue weighted by atomic mass is 32.1. The molecule has 2 N–H and O–H groups in total. The molecule has 0 bridgehead atoms. The highest BCUT2D eigenvalue weighted by Gasteiger charge is 2.31. The maximum atomic E-state index is 7.12. The monoisotopic (exact) mass is 914 g/mol. The standard InChI is InChI=1S/C63H38N4O2S/c1-3-16-38-31-49-47(29-36(38)14-1)42-28-27-35-13-5-6-18-41(35)60(42)67(49)50-32-40(34-54-59(50)48-30-37-15-2-4-17-39(37)33-53(48)69-54)61-64-62(45-21-11-24-52-57(45)43-19-7-9-23-51(43)68-52)66-63(65-61)46-22-12-26-56-58(46)44-20-8-10-25-55(44)70-56/h1-34,61-62,64H,(H,65,66). The van der Waals surface area contributed by atoms with Gasteiger partial charge in [0, 0.05) is 63.6 Å². The average Bonchev–Trinajstić information content (AvgIpc) is 4.18. The first-order valence-electron chi connectivity index (χ1n) is 23.8. The fourth-order valence-corrected chi connectivity index (χ4v) is 12.8. The van der Waals surface area contributed by atoms with E-state index in [9.17, 15) is 0 Å². The second kappa shape index (κ2) is 14.4. The van der Waals surface area contributed by atoms with Crippen molar-refractivity contribution in [1.82, 2.24) is 15.2 Å². The first-order valence-corrected chi connectivity index (χ1v) is 24.6. The molecule has 2 unspecified atom stereocenters. The van der Waals surface area contributed by atoms with Crippen LogP contribution in [0, 0.1) is 0 Å². The first-order chi connectivity index (χ1) is 34.7. The van der Waals surface area contributed by atoms with E-state index in [-0.39, 0.29) is 0 Å². The lowest BCUT2D eigenvalue weighted by atomic mass is 9.99. The second-order valence-corrected chi connectivity index (χ2v) is 19.7. The van der Waals surface area contributed by atoms with Crippen molar-refractivity contribution in [3.05, 3.63) is 223 Å². The molecular weight excluding hydrogens is 877 g/mol. The maximum Gasteiger partial charge on any atom is 0.137 e. The van der Waals surface area contributed by atoms with Crippen LogP contribution in [0.3, 0.4) is 0 Å². The van der Waals surface area contributed by atoms with Gasteiger partial charge in [-0.25, -0.2) is 4.99 Å². The first kappa shape index (κ1) is 38.2. The SMILES string of the molecule is c1ccc2cc3c(cc2c1)oc1cc(C2NC(c4cccc5sc6ccccc6c45)=NC(c4cccc5oc6ccccc6c45)N2)cc(-n2c4cc5ccccc5cc4c4ccc5ccccc5c42)c13. The molecular formula is C63H38N4O2S. The van der Waals surface area contributed by atoms with Gasteiger partial charge in [0.2, 0.25) is 0 Å². The van der Waals surface area contributed by atoms with Crippen LogP contribution in [0.2, 0.25) is 0 Å². The molecule has 0 saturated carbocycles. The van der Waals surface area contributed by atoms with E-state index in [4.69, 9.17) is 13.8 Å². The molecule has 0 aliphatic carbocycles. The molecule has 7 heteroatoms. The van der Waals surface area contributed by atoms with Gasteiger partial charge in [0.25, 0.3) is 0 Å². The molecule has 70 heavy (non-hydrogen) atoms. The van der Waals surface area contributed by atoms with Gasteiger partial charge in [0.15, 0.2) is 0 Å². The van der Waals surface area contributed by atoms with Gasteiger partial charge in [-0.2, -0.15) is 0 Å². The van der Waals surface area contributed by atoms with Crippen molar-refractivity contribution in [3.8, 4) is 5.69 Å². The maximum absolute atomic E-state index is 7.12. The van der Waals surface area contributed by atoms with E-state index >= 15 is 0 Å². The number of benzene rings is 11. The lowest BCUT2D eigenvalue weighted by Gasteiger charge is -2.33. The minimum Gasteiger partial charge on any atom is -0.456 e. The van der Waals surface area contributed by atoms with Crippen LogP contribution in [0.5, 0.6) is 0 Å². The molecule has 4 aromatic heterocycles. The number of aliphatic imine (C=N–C) groups is 1. The molecule has 1 aliphatic heterocycles. The summed E-state index contributed by atoms with van der Waals surface area (Å²) in [5.74, 6) is 0.819. The molecule has 1 aliphatic rings. The van der Waals surface area contributed by atoms with E-state index in [0.717, 1.165) is 88.5 Å². The van der Waals surface area contributed by atoms with Crippen LogP contribution in [0.15, 0.2) is 220 Å². The predicted octanol–water partition coefficient (Wildman–Crippen LogP) is 16.7. The van der Waals surface area contributed by atoms with Gasteiger partial charge >= 0.3 is 0 Å². The lowest BCUT2D eigenvalue weighted by Crippen LogP contribution is -2.45. The number of rotatable bonds is 4. The Labute approximate surface area is 403 Å². The van der Waals surface area contributed by atoms with Crippen molar-refractivity contribution >= 4 is 135 Å². The summed E-state index contributed by atoms with van der Waals surface area (Å²) in [5.41, 5.74) is 9.83. The van der Waals surface area contributed by atoms with E-state index in [2.05, 4.69) is 209 Å². The Morgan fingerprint density at radius 3 is 1.97 bits per heavy atom. The number of amidine groups is 1. The zero-order valence-electron chi connectivity index (χ0n) is 37.4. The van der Waals surface area contributed by atoms with E-state index < -0.39 is 12.3 Å². The highest BCUT2D eigenvalue weighted by Crippen LogP contribution is 2.45. The molecule has 0 spiro atoms. The normalized spacial score (nSPS) is 15.6. The molecule has 0 saturated heterocycles. The minimum atomic E-state index is -0.449. The molecule has 16 rings (SSSR count). The van der Waals surface area contributed by atoms with Gasteiger partial charge in [-0.3, -0.25) is 5.32 Å². The number of hydrogen-bond acceptors (Lipinski definition) is 6. The third-order valence-corrected chi connectivity index (χ3v) is 15.9. The zero-order valence-corrected chi connectivity index (χ0v) is 38.2. The van der Waals surface area contributed by atoms with E-state index in [1.807, 2.05) is 23.5 Å². The van der Waals surface area contributed by atoms with Gasteiger partial charge in [0.1, 0.15) is 40.5 Å². The van der Waals surface area contributed by atoms with Crippen LogP contribution < -0.4 is 10.6 Å². The minimum absolute atomic E-state index is 0.410.